The van der Waals surface area contributed by atoms with Crippen LogP contribution < -0.4 is 16.0 Å². The predicted molar refractivity (Wildman–Crippen MR) is 154 cm³/mol. The molecule has 0 radical (unpaired) electrons. The summed E-state index contributed by atoms with van der Waals surface area (Å²) in [5, 5.41) is 31.5. The molecule has 208 valence electrons. The molecule has 5 atom stereocenters. The summed E-state index contributed by atoms with van der Waals surface area (Å²) < 4.78 is 0. The highest BCUT2D eigenvalue weighted by Gasteiger charge is 2.55. The minimum absolute atomic E-state index is 0.0766. The highest BCUT2D eigenvalue weighted by atomic mass is 32.2. The largest absolute Gasteiger partial charge is 0.393 e. The van der Waals surface area contributed by atoms with Crippen LogP contribution in [0, 0.1) is 40.4 Å². The van der Waals surface area contributed by atoms with Crippen molar-refractivity contribution in [3.8, 4) is 6.07 Å². The van der Waals surface area contributed by atoms with Gasteiger partial charge in [-0.25, -0.2) is 9.97 Å². The van der Waals surface area contributed by atoms with Crippen LogP contribution in [0.3, 0.4) is 0 Å². The third kappa shape index (κ3) is 5.89. The Bertz CT molecular complexity index is 1180. The smallest absolute Gasteiger partial charge is 0.224 e. The summed E-state index contributed by atoms with van der Waals surface area (Å²) in [6.45, 7) is 2.56. The third-order valence-corrected chi connectivity index (χ3v) is 10.6. The number of rotatable bonds is 10. The first kappa shape index (κ1) is 26.8. The van der Waals surface area contributed by atoms with E-state index in [9.17, 15) is 10.4 Å². The number of hydrogen-bond acceptors (Lipinski definition) is 9. The highest BCUT2D eigenvalue weighted by Crippen LogP contribution is 2.60. The minimum atomic E-state index is -0.0766. The van der Waals surface area contributed by atoms with Crippen LogP contribution >= 0.6 is 11.8 Å². The zero-order valence-electron chi connectivity index (χ0n) is 22.9. The Balaban J connectivity index is 1.08. The van der Waals surface area contributed by atoms with E-state index in [-0.39, 0.29) is 11.5 Å². The van der Waals surface area contributed by atoms with Crippen molar-refractivity contribution >= 4 is 23.5 Å². The first-order valence-corrected chi connectivity index (χ1v) is 15.9. The zero-order valence-corrected chi connectivity index (χ0v) is 23.7. The molecule has 7 rings (SSSR count). The van der Waals surface area contributed by atoms with E-state index in [1.807, 2.05) is 12.3 Å². The summed E-state index contributed by atoms with van der Waals surface area (Å²) in [6, 6.07) is 6.92. The maximum atomic E-state index is 9.85. The van der Waals surface area contributed by atoms with E-state index >= 15 is 0 Å². The molecule has 0 aromatic carbocycles. The Morgan fingerprint density at radius 3 is 2.64 bits per heavy atom. The van der Waals surface area contributed by atoms with Gasteiger partial charge in [-0.15, -0.1) is 11.8 Å². The van der Waals surface area contributed by atoms with Crippen LogP contribution in [0.5, 0.6) is 0 Å². The van der Waals surface area contributed by atoms with E-state index in [1.165, 1.54) is 32.1 Å². The first-order chi connectivity index (χ1) is 19.0. The lowest BCUT2D eigenvalue weighted by molar-refractivity contribution is -0.0704. The zero-order chi connectivity index (χ0) is 26.8. The van der Waals surface area contributed by atoms with Crippen molar-refractivity contribution in [3.63, 3.8) is 0 Å². The molecule has 2 heterocycles. The van der Waals surface area contributed by atoms with Crippen LogP contribution in [-0.2, 0) is 6.54 Å². The van der Waals surface area contributed by atoms with Gasteiger partial charge in [-0.2, -0.15) is 10.2 Å². The van der Waals surface area contributed by atoms with Gasteiger partial charge >= 0.3 is 0 Å². The van der Waals surface area contributed by atoms with Gasteiger partial charge in [0.05, 0.1) is 12.3 Å². The number of thioether (sulfide) groups is 1. The van der Waals surface area contributed by atoms with Crippen LogP contribution in [0.2, 0.25) is 0 Å². The maximum absolute atomic E-state index is 9.85. The third-order valence-electron chi connectivity index (χ3n) is 9.88. The molecule has 5 aliphatic carbocycles. The van der Waals surface area contributed by atoms with Crippen molar-refractivity contribution in [3.05, 3.63) is 35.7 Å². The molecule has 5 saturated carbocycles. The molecule has 39 heavy (non-hydrogen) atoms. The number of nitrogens with one attached hydrogen (secondary N) is 3. The van der Waals surface area contributed by atoms with Crippen LogP contribution in [0.1, 0.15) is 68.9 Å². The van der Waals surface area contributed by atoms with E-state index in [1.54, 1.807) is 24.2 Å². The molecule has 2 aromatic rings. The second-order valence-corrected chi connectivity index (χ2v) is 13.3. The minimum Gasteiger partial charge on any atom is -0.393 e. The fraction of sp³-hybridized carbons (Fsp3) is 0.667. The van der Waals surface area contributed by atoms with Crippen molar-refractivity contribution in [1.29, 1.82) is 5.26 Å². The topological polar surface area (TPSA) is 119 Å². The van der Waals surface area contributed by atoms with Crippen molar-refractivity contribution in [2.45, 2.75) is 81.5 Å². The van der Waals surface area contributed by atoms with Crippen molar-refractivity contribution in [2.24, 2.45) is 29.1 Å². The van der Waals surface area contributed by atoms with E-state index in [4.69, 9.17) is 4.98 Å². The first-order valence-electron chi connectivity index (χ1n) is 14.7. The quantitative estimate of drug-likeness (QED) is 0.310. The lowest BCUT2D eigenvalue weighted by Gasteiger charge is -2.60. The maximum Gasteiger partial charge on any atom is 0.224 e. The molecule has 5 aliphatic rings. The van der Waals surface area contributed by atoms with Gasteiger partial charge < -0.3 is 21.1 Å². The van der Waals surface area contributed by atoms with Gasteiger partial charge in [-0.3, -0.25) is 0 Å². The molecule has 4 N–H and O–H groups in total. The molecular weight excluding hydrogens is 506 g/mol. The summed E-state index contributed by atoms with van der Waals surface area (Å²) in [5.74, 6) is 4.20. The average Bonchev–Trinajstić information content (AvgIpc) is 2.95. The normalized spacial score (nSPS) is 33.1. The van der Waals surface area contributed by atoms with Gasteiger partial charge in [-0.05, 0) is 106 Å². The van der Waals surface area contributed by atoms with E-state index in [2.05, 4.69) is 38.1 Å². The Labute approximate surface area is 236 Å². The monoisotopic (exact) mass is 547 g/mol. The van der Waals surface area contributed by atoms with Gasteiger partial charge in [0.2, 0.25) is 5.95 Å². The number of nitrogens with zero attached hydrogens (tertiary/aromatic N) is 4. The number of aliphatic hydroxyl groups excluding tert-OH is 1. The molecule has 0 amide bonds. The second-order valence-electron chi connectivity index (χ2n) is 12.5. The van der Waals surface area contributed by atoms with Crippen LogP contribution in [0.4, 0.5) is 11.8 Å². The number of pyridine rings is 1. The SMILES string of the molecule is CSc1ncccc1CNc1ncc(C#N)c(NC[C@]23CC4C[C@H](C2)[C@@H](NC[C@H]2CC[C@@H](O)CC2)[C@@H](C4)C3)n1. The summed E-state index contributed by atoms with van der Waals surface area (Å²) >= 11 is 1.62. The summed E-state index contributed by atoms with van der Waals surface area (Å²) in [7, 11) is 0. The Kier molecular flexibility index (Phi) is 7.97. The standard InChI is InChI=1S/C30H41N7OS/c1-39-28-21(3-2-8-32-28)16-34-29-35-17-24(14-31)27(37-29)36-18-30-11-20-9-22(12-30)26(23(10-20)13-30)33-15-19-4-6-25(38)7-5-19/h2-3,8,17,19-20,22-23,25-26,33,38H,4-7,9-13,15-16,18H2,1H3,(H2,34,35,36,37)/t19-,20?,22-,23+,25+,26-,30-. The number of nitriles is 1. The van der Waals surface area contributed by atoms with Crippen LogP contribution in [0.15, 0.2) is 29.6 Å². The summed E-state index contributed by atoms with van der Waals surface area (Å²) in [5.41, 5.74) is 1.89. The van der Waals surface area contributed by atoms with Gasteiger partial charge in [0.15, 0.2) is 0 Å². The van der Waals surface area contributed by atoms with E-state index in [0.29, 0.717) is 29.9 Å². The van der Waals surface area contributed by atoms with E-state index in [0.717, 1.165) is 73.0 Å². The molecule has 8 nitrogen and oxygen atoms in total. The lowest BCUT2D eigenvalue weighted by atomic mass is 9.48. The number of hydrogen-bond donors (Lipinski definition) is 4. The Morgan fingerprint density at radius 1 is 1.10 bits per heavy atom. The van der Waals surface area contributed by atoms with Crippen LogP contribution in [0.25, 0.3) is 0 Å². The summed E-state index contributed by atoms with van der Waals surface area (Å²) in [4.78, 5) is 13.5. The number of aliphatic hydroxyl groups is 1. The lowest BCUT2D eigenvalue weighted by Crippen LogP contribution is -2.60. The molecule has 2 aromatic heterocycles. The molecule has 0 spiro atoms. The molecule has 9 heteroatoms. The van der Waals surface area contributed by atoms with Crippen molar-refractivity contribution < 1.29 is 5.11 Å². The fourth-order valence-corrected chi connectivity index (χ4v) is 8.83. The molecule has 0 saturated heterocycles. The number of anilines is 2. The highest BCUT2D eigenvalue weighted by molar-refractivity contribution is 7.98. The number of aromatic nitrogens is 3. The molecule has 5 fully saturated rings. The molecule has 1 unspecified atom stereocenters. The average molecular weight is 548 g/mol. The van der Waals surface area contributed by atoms with Crippen molar-refractivity contribution in [1.82, 2.24) is 20.3 Å². The van der Waals surface area contributed by atoms with Crippen molar-refractivity contribution in [2.75, 3.05) is 30.0 Å². The predicted octanol–water partition coefficient (Wildman–Crippen LogP) is 4.82. The molecular formula is C30H41N7OS. The van der Waals surface area contributed by atoms with Gasteiger partial charge in [0.1, 0.15) is 22.5 Å². The van der Waals surface area contributed by atoms with Gasteiger partial charge in [-0.1, -0.05) is 6.07 Å². The Hall–Kier alpha value is -2.41. The molecule has 0 aliphatic heterocycles. The Morgan fingerprint density at radius 2 is 1.90 bits per heavy atom. The van der Waals surface area contributed by atoms with Gasteiger partial charge in [0.25, 0.3) is 0 Å². The fourth-order valence-electron chi connectivity index (χ4n) is 8.27. The van der Waals surface area contributed by atoms with Crippen LogP contribution in [-0.4, -0.2) is 51.5 Å². The second kappa shape index (κ2) is 11.6. The summed E-state index contributed by atoms with van der Waals surface area (Å²) in [6.07, 6.45) is 16.1. The van der Waals surface area contributed by atoms with E-state index < -0.39 is 0 Å². The van der Waals surface area contributed by atoms with Gasteiger partial charge in [0, 0.05) is 30.9 Å². The molecule has 4 bridgehead atoms.